The molecule has 2 aromatic rings. The van der Waals surface area contributed by atoms with E-state index in [1.165, 1.54) is 29.2 Å². The highest BCUT2D eigenvalue weighted by Gasteiger charge is 2.61. The van der Waals surface area contributed by atoms with Crippen molar-refractivity contribution >= 4 is 35.0 Å². The first-order valence-corrected chi connectivity index (χ1v) is 15.7. The molecule has 0 spiro atoms. The summed E-state index contributed by atoms with van der Waals surface area (Å²) < 4.78 is 31.7. The summed E-state index contributed by atoms with van der Waals surface area (Å²) in [5, 5.41) is 23.5. The van der Waals surface area contributed by atoms with Crippen LogP contribution in [0.15, 0.2) is 36.4 Å². The number of benzene rings is 2. The topological polar surface area (TPSA) is 96.7 Å². The number of likely N-dealkylation sites (tertiary alicyclic amines) is 1. The molecule has 44 heavy (non-hydrogen) atoms. The zero-order valence-electron chi connectivity index (χ0n) is 25.5. The average Bonchev–Trinajstić information content (AvgIpc) is 3.27. The number of hydrogen-bond acceptors (Lipinski definition) is 5. The van der Waals surface area contributed by atoms with Crippen LogP contribution in [0.2, 0.25) is 10.0 Å². The lowest BCUT2D eigenvalue weighted by molar-refractivity contribution is -0.135. The predicted molar refractivity (Wildman–Crippen MR) is 166 cm³/mol. The minimum Gasteiger partial charge on any atom is -0.395 e. The van der Waals surface area contributed by atoms with Gasteiger partial charge in [-0.25, -0.2) is 8.78 Å². The summed E-state index contributed by atoms with van der Waals surface area (Å²) in [5.74, 6) is -2.90. The summed E-state index contributed by atoms with van der Waals surface area (Å²) in [6.45, 7) is 6.87. The van der Waals surface area contributed by atoms with E-state index in [-0.39, 0.29) is 57.5 Å². The molecule has 0 radical (unpaired) electrons. The van der Waals surface area contributed by atoms with Crippen molar-refractivity contribution in [1.82, 2.24) is 15.1 Å². The minimum absolute atomic E-state index is 0.0371. The van der Waals surface area contributed by atoms with E-state index in [9.17, 15) is 14.9 Å². The smallest absolute Gasteiger partial charge is 0.240 e. The Morgan fingerprint density at radius 3 is 2.45 bits per heavy atom. The van der Waals surface area contributed by atoms with Gasteiger partial charge in [0, 0.05) is 55.6 Å². The predicted octanol–water partition coefficient (Wildman–Crippen LogP) is 5.67. The molecule has 238 valence electrons. The SMILES string of the molecule is CN(CCO)C(=O)CC1CCN(C(=O)[C@@H]2NC(CC(C)(C)C)[C@](C#N)(c3ccc(Cl)cc3F)C2c2cccc(Cl)c2F)CC1. The van der Waals surface area contributed by atoms with E-state index >= 15 is 8.78 Å². The molecular weight excluding hydrogens is 609 g/mol. The fourth-order valence-electron chi connectivity index (χ4n) is 6.78. The molecule has 0 aliphatic carbocycles. The van der Waals surface area contributed by atoms with Crippen LogP contribution in [-0.4, -0.2) is 72.1 Å². The van der Waals surface area contributed by atoms with Crippen LogP contribution in [0.3, 0.4) is 0 Å². The first-order valence-electron chi connectivity index (χ1n) is 14.9. The molecule has 7 nitrogen and oxygen atoms in total. The number of hydrogen-bond donors (Lipinski definition) is 2. The summed E-state index contributed by atoms with van der Waals surface area (Å²) in [6, 6.07) is 9.15. The molecule has 2 N–H and O–H groups in total. The zero-order valence-corrected chi connectivity index (χ0v) is 27.1. The van der Waals surface area contributed by atoms with E-state index in [1.54, 1.807) is 18.0 Å². The Kier molecular flexibility index (Phi) is 10.6. The van der Waals surface area contributed by atoms with Gasteiger partial charge in [0.25, 0.3) is 0 Å². The van der Waals surface area contributed by atoms with Gasteiger partial charge >= 0.3 is 0 Å². The molecule has 0 saturated carbocycles. The molecule has 2 aromatic carbocycles. The molecule has 4 rings (SSSR count). The monoisotopic (exact) mass is 648 g/mol. The summed E-state index contributed by atoms with van der Waals surface area (Å²) in [6.07, 6.45) is 1.89. The average molecular weight is 650 g/mol. The first-order chi connectivity index (χ1) is 20.7. The van der Waals surface area contributed by atoms with E-state index in [0.717, 1.165) is 6.07 Å². The van der Waals surface area contributed by atoms with E-state index in [1.807, 2.05) is 20.8 Å². The molecule has 2 unspecified atom stereocenters. The maximum absolute atomic E-state index is 15.9. The first kappa shape index (κ1) is 34.1. The second kappa shape index (κ2) is 13.7. The third-order valence-corrected chi connectivity index (χ3v) is 9.49. The molecule has 2 aliphatic heterocycles. The highest BCUT2D eigenvalue weighted by atomic mass is 35.5. The fraction of sp³-hybridized carbons (Fsp3) is 0.545. The van der Waals surface area contributed by atoms with Gasteiger partial charge in [-0.3, -0.25) is 9.59 Å². The summed E-state index contributed by atoms with van der Waals surface area (Å²) in [4.78, 5) is 30.1. The zero-order chi connectivity index (χ0) is 32.4. The lowest BCUT2D eigenvalue weighted by atomic mass is 9.62. The van der Waals surface area contributed by atoms with E-state index in [2.05, 4.69) is 11.4 Å². The van der Waals surface area contributed by atoms with Crippen molar-refractivity contribution in [3.63, 3.8) is 0 Å². The van der Waals surface area contributed by atoms with Crippen molar-refractivity contribution in [3.05, 3.63) is 69.2 Å². The van der Waals surface area contributed by atoms with Crippen molar-refractivity contribution in [1.29, 1.82) is 5.26 Å². The number of carbonyl (C=O) groups is 2. The molecule has 2 fully saturated rings. The molecule has 4 atom stereocenters. The quantitative estimate of drug-likeness (QED) is 0.384. The number of rotatable bonds is 8. The van der Waals surface area contributed by atoms with Crippen molar-refractivity contribution in [2.75, 3.05) is 33.3 Å². The van der Waals surface area contributed by atoms with E-state index in [0.29, 0.717) is 38.8 Å². The van der Waals surface area contributed by atoms with Crippen LogP contribution in [0.5, 0.6) is 0 Å². The number of nitriles is 1. The van der Waals surface area contributed by atoms with Crippen LogP contribution < -0.4 is 5.32 Å². The minimum atomic E-state index is -1.68. The van der Waals surface area contributed by atoms with Crippen LogP contribution in [-0.2, 0) is 15.0 Å². The Hall–Kier alpha value is -2.77. The van der Waals surface area contributed by atoms with Gasteiger partial charge in [-0.15, -0.1) is 0 Å². The Labute approximate surface area is 268 Å². The number of amides is 2. The third kappa shape index (κ3) is 6.89. The number of nitrogens with zero attached hydrogens (tertiary/aromatic N) is 3. The molecule has 2 amide bonds. The Bertz CT molecular complexity index is 1420. The Balaban J connectivity index is 1.75. The summed E-state index contributed by atoms with van der Waals surface area (Å²) in [5.41, 5.74) is -1.93. The number of aliphatic hydroxyl groups excluding tert-OH is 1. The van der Waals surface area contributed by atoms with Gasteiger partial charge in [0.2, 0.25) is 11.8 Å². The molecule has 11 heteroatoms. The summed E-state index contributed by atoms with van der Waals surface area (Å²) in [7, 11) is 1.65. The van der Waals surface area contributed by atoms with Gasteiger partial charge < -0.3 is 20.2 Å². The standard InChI is InChI=1S/C33H40Cl2F2N4O3/c1-32(2,3)18-26-33(19-38,23-9-8-21(34)17-25(23)36)28(22-6-5-7-24(35)29(22)37)30(39-26)31(44)41-12-10-20(11-13-41)16-27(43)40(4)14-15-42/h5-9,17,20,26,28,30,39,42H,10-16,18H2,1-4H3/t26?,28?,30-,33+/m1/s1. The van der Waals surface area contributed by atoms with Gasteiger partial charge in [0.1, 0.15) is 17.0 Å². The molecule has 0 bridgehead atoms. The van der Waals surface area contributed by atoms with Gasteiger partial charge in [-0.05, 0) is 54.4 Å². The van der Waals surface area contributed by atoms with Crippen molar-refractivity contribution in [2.45, 2.75) is 69.9 Å². The Morgan fingerprint density at radius 2 is 1.86 bits per heavy atom. The second-order valence-electron chi connectivity index (χ2n) is 13.2. The van der Waals surface area contributed by atoms with E-state index < -0.39 is 35.1 Å². The lowest BCUT2D eigenvalue weighted by Gasteiger charge is -2.38. The van der Waals surface area contributed by atoms with Crippen LogP contribution in [0.25, 0.3) is 0 Å². The molecular formula is C33H40Cl2F2N4O3. The van der Waals surface area contributed by atoms with Crippen molar-refractivity contribution in [2.24, 2.45) is 11.3 Å². The second-order valence-corrected chi connectivity index (χ2v) is 14.0. The van der Waals surface area contributed by atoms with E-state index in [4.69, 9.17) is 28.3 Å². The van der Waals surface area contributed by atoms with Crippen LogP contribution >= 0.6 is 23.2 Å². The lowest BCUT2D eigenvalue weighted by Crippen LogP contribution is -2.50. The molecule has 2 heterocycles. The maximum Gasteiger partial charge on any atom is 0.240 e. The van der Waals surface area contributed by atoms with Crippen LogP contribution in [0.4, 0.5) is 8.78 Å². The highest BCUT2D eigenvalue weighted by Crippen LogP contribution is 2.53. The van der Waals surface area contributed by atoms with Gasteiger partial charge in [0.15, 0.2) is 0 Å². The number of carbonyl (C=O) groups excluding carboxylic acids is 2. The number of halogens is 4. The number of nitrogens with one attached hydrogen (secondary N) is 1. The van der Waals surface area contributed by atoms with Crippen LogP contribution in [0, 0.1) is 34.3 Å². The number of piperidine rings is 1. The fourth-order valence-corrected chi connectivity index (χ4v) is 7.12. The maximum atomic E-state index is 15.9. The molecule has 2 aliphatic rings. The third-order valence-electron chi connectivity index (χ3n) is 8.97. The highest BCUT2D eigenvalue weighted by molar-refractivity contribution is 6.31. The molecule has 2 saturated heterocycles. The summed E-state index contributed by atoms with van der Waals surface area (Å²) >= 11 is 12.3. The van der Waals surface area contributed by atoms with Gasteiger partial charge in [-0.2, -0.15) is 5.26 Å². The normalized spacial score (nSPS) is 24.3. The van der Waals surface area contributed by atoms with Gasteiger partial charge in [-0.1, -0.05) is 62.2 Å². The molecule has 0 aromatic heterocycles. The Morgan fingerprint density at radius 1 is 1.18 bits per heavy atom. The van der Waals surface area contributed by atoms with Gasteiger partial charge in [0.05, 0.1) is 23.7 Å². The largest absolute Gasteiger partial charge is 0.395 e. The van der Waals surface area contributed by atoms with Crippen LogP contribution in [0.1, 0.15) is 63.5 Å². The number of aliphatic hydroxyl groups is 1. The number of likely N-dealkylation sites (N-methyl/N-ethyl adjacent to an activating group) is 1. The van der Waals surface area contributed by atoms with Crippen molar-refractivity contribution < 1.29 is 23.5 Å². The van der Waals surface area contributed by atoms with Crippen molar-refractivity contribution in [3.8, 4) is 6.07 Å².